The number of carbonyl (C=O) groups excluding carboxylic acids is 1. The van der Waals surface area contributed by atoms with Gasteiger partial charge in [-0.25, -0.2) is 9.78 Å². The van der Waals surface area contributed by atoms with Crippen LogP contribution in [0.5, 0.6) is 11.5 Å². The molecule has 1 heterocycles. The zero-order valence-electron chi connectivity index (χ0n) is 15.5. The number of aromatic carboxylic acids is 1. The average molecular weight is 463 g/mol. The number of carboxylic acid groups (broad SMARTS) is 1. The predicted molar refractivity (Wildman–Crippen MR) is 117 cm³/mol. The highest BCUT2D eigenvalue weighted by Crippen LogP contribution is 2.30. The van der Waals surface area contributed by atoms with E-state index in [2.05, 4.69) is 26.2 Å². The van der Waals surface area contributed by atoms with Crippen LogP contribution in [0.3, 0.4) is 0 Å². The van der Waals surface area contributed by atoms with Crippen LogP contribution in [-0.4, -0.2) is 22.0 Å². The monoisotopic (exact) mass is 462 g/mol. The Hall–Kier alpha value is -3.71. The van der Waals surface area contributed by atoms with Crippen molar-refractivity contribution in [1.29, 1.82) is 0 Å². The van der Waals surface area contributed by atoms with Crippen LogP contribution in [0.2, 0.25) is 0 Å². The van der Waals surface area contributed by atoms with Gasteiger partial charge in [0.25, 0.3) is 5.91 Å². The van der Waals surface area contributed by atoms with Gasteiger partial charge in [-0.05, 0) is 60.0 Å². The first-order chi connectivity index (χ1) is 14.5. The largest absolute Gasteiger partial charge is 0.477 e. The Labute approximate surface area is 180 Å². The Morgan fingerprint density at radius 3 is 2.47 bits per heavy atom. The third-order valence-electron chi connectivity index (χ3n) is 4.39. The Morgan fingerprint density at radius 2 is 1.70 bits per heavy atom. The highest BCUT2D eigenvalue weighted by Gasteiger charge is 2.10. The van der Waals surface area contributed by atoms with Gasteiger partial charge in [-0.15, -0.1) is 0 Å². The third-order valence-corrected chi connectivity index (χ3v) is 4.92. The minimum Gasteiger partial charge on any atom is -0.477 e. The summed E-state index contributed by atoms with van der Waals surface area (Å²) in [5.41, 5.74) is 1.15. The first-order valence-electron chi connectivity index (χ1n) is 8.96. The van der Waals surface area contributed by atoms with Crippen LogP contribution in [0.1, 0.15) is 20.8 Å². The maximum atomic E-state index is 12.6. The van der Waals surface area contributed by atoms with E-state index >= 15 is 0 Å². The molecule has 0 saturated heterocycles. The van der Waals surface area contributed by atoms with Gasteiger partial charge in [0.1, 0.15) is 11.5 Å². The van der Waals surface area contributed by atoms with E-state index in [1.54, 1.807) is 24.3 Å². The number of amides is 1. The van der Waals surface area contributed by atoms with E-state index in [9.17, 15) is 9.59 Å². The molecule has 4 rings (SSSR count). The highest BCUT2D eigenvalue weighted by atomic mass is 79.9. The normalized spacial score (nSPS) is 10.6. The van der Waals surface area contributed by atoms with Gasteiger partial charge in [0.2, 0.25) is 0 Å². The number of aromatic nitrogens is 1. The summed E-state index contributed by atoms with van der Waals surface area (Å²) in [5.74, 6) is -0.402. The van der Waals surface area contributed by atoms with Crippen LogP contribution in [-0.2, 0) is 0 Å². The number of hydrogen-bond donors (Lipinski definition) is 2. The van der Waals surface area contributed by atoms with Crippen LogP contribution < -0.4 is 10.1 Å². The molecule has 0 radical (unpaired) electrons. The van der Waals surface area contributed by atoms with Gasteiger partial charge in [0.05, 0.1) is 0 Å². The maximum absolute atomic E-state index is 12.6. The van der Waals surface area contributed by atoms with E-state index in [1.807, 2.05) is 42.5 Å². The molecule has 0 aliphatic heterocycles. The predicted octanol–water partition coefficient (Wildman–Crippen LogP) is 5.74. The molecule has 148 valence electrons. The van der Waals surface area contributed by atoms with E-state index in [0.717, 1.165) is 15.2 Å². The maximum Gasteiger partial charge on any atom is 0.354 e. The van der Waals surface area contributed by atoms with Crippen LogP contribution in [0.4, 0.5) is 5.69 Å². The van der Waals surface area contributed by atoms with Gasteiger partial charge in [0.15, 0.2) is 5.69 Å². The molecule has 0 fully saturated rings. The van der Waals surface area contributed by atoms with Crippen molar-refractivity contribution in [3.05, 3.63) is 94.7 Å². The molecular weight excluding hydrogens is 448 g/mol. The molecule has 1 aromatic heterocycles. The number of anilines is 1. The molecule has 4 aromatic rings. The quantitative estimate of drug-likeness (QED) is 0.394. The van der Waals surface area contributed by atoms with Crippen molar-refractivity contribution in [2.45, 2.75) is 0 Å². The van der Waals surface area contributed by atoms with Crippen LogP contribution in [0.25, 0.3) is 10.8 Å². The van der Waals surface area contributed by atoms with E-state index in [-0.39, 0.29) is 11.6 Å². The summed E-state index contributed by atoms with van der Waals surface area (Å²) in [4.78, 5) is 27.4. The van der Waals surface area contributed by atoms with Crippen molar-refractivity contribution in [2.75, 3.05) is 5.32 Å². The molecule has 6 nitrogen and oxygen atoms in total. The van der Waals surface area contributed by atoms with Gasteiger partial charge in [-0.1, -0.05) is 28.1 Å². The number of nitrogens with zero attached hydrogens (tertiary/aromatic N) is 1. The van der Waals surface area contributed by atoms with Crippen LogP contribution in [0.15, 0.2) is 83.5 Å². The minimum atomic E-state index is -1.12. The van der Waals surface area contributed by atoms with Gasteiger partial charge < -0.3 is 15.2 Å². The number of rotatable bonds is 5. The van der Waals surface area contributed by atoms with Gasteiger partial charge in [-0.3, -0.25) is 4.79 Å². The SMILES string of the molecule is O=C(Nc1cccc2cc(Oc3ccnc(C(=O)O)c3)ccc12)c1ccc(Br)cc1. The van der Waals surface area contributed by atoms with Gasteiger partial charge in [-0.2, -0.15) is 0 Å². The lowest BCUT2D eigenvalue weighted by atomic mass is 10.1. The van der Waals surface area contributed by atoms with Crippen molar-refractivity contribution >= 4 is 44.3 Å². The molecule has 0 spiro atoms. The number of nitrogens with one attached hydrogen (secondary N) is 1. The van der Waals surface area contributed by atoms with Crippen molar-refractivity contribution in [3.63, 3.8) is 0 Å². The zero-order chi connectivity index (χ0) is 21.1. The summed E-state index contributed by atoms with van der Waals surface area (Å²) in [6.07, 6.45) is 1.38. The summed E-state index contributed by atoms with van der Waals surface area (Å²) in [5, 5.41) is 13.7. The number of pyridine rings is 1. The minimum absolute atomic E-state index is 0.0915. The fraction of sp³-hybridized carbons (Fsp3) is 0. The Kier molecular flexibility index (Phi) is 5.45. The number of ether oxygens (including phenoxy) is 1. The second-order valence-electron chi connectivity index (χ2n) is 6.43. The molecule has 1 amide bonds. The summed E-state index contributed by atoms with van der Waals surface area (Å²) in [6, 6.07) is 21.1. The van der Waals surface area contributed by atoms with E-state index < -0.39 is 5.97 Å². The standard InChI is InChI=1S/C23H15BrN2O4/c24-16-6-4-14(5-7-16)22(27)26-20-3-1-2-15-12-17(8-9-19(15)20)30-18-10-11-25-21(13-18)23(28)29/h1-13H,(H,26,27)(H,28,29). The number of carboxylic acids is 1. The Morgan fingerprint density at radius 1 is 0.933 bits per heavy atom. The molecule has 0 atom stereocenters. The average Bonchev–Trinajstić information content (AvgIpc) is 2.74. The lowest BCUT2D eigenvalue weighted by Gasteiger charge is -2.11. The lowest BCUT2D eigenvalue weighted by molar-refractivity contribution is 0.0690. The van der Waals surface area contributed by atoms with Gasteiger partial charge in [0, 0.05) is 33.4 Å². The number of hydrogen-bond acceptors (Lipinski definition) is 4. The number of fused-ring (bicyclic) bond motifs is 1. The molecule has 0 unspecified atom stereocenters. The van der Waals surface area contributed by atoms with Crippen molar-refractivity contribution < 1.29 is 19.4 Å². The third kappa shape index (κ3) is 4.31. The summed E-state index contributed by atoms with van der Waals surface area (Å²) in [6.45, 7) is 0. The zero-order valence-corrected chi connectivity index (χ0v) is 17.1. The molecule has 3 aromatic carbocycles. The molecule has 2 N–H and O–H groups in total. The van der Waals surface area contributed by atoms with E-state index in [1.165, 1.54) is 12.3 Å². The van der Waals surface area contributed by atoms with Gasteiger partial charge >= 0.3 is 5.97 Å². The second kappa shape index (κ2) is 8.34. The molecular formula is C23H15BrN2O4. The molecule has 0 saturated carbocycles. The van der Waals surface area contributed by atoms with Crippen molar-refractivity contribution in [3.8, 4) is 11.5 Å². The fourth-order valence-electron chi connectivity index (χ4n) is 2.96. The first-order valence-corrected chi connectivity index (χ1v) is 9.76. The summed E-state index contributed by atoms with van der Waals surface area (Å²) in [7, 11) is 0. The second-order valence-corrected chi connectivity index (χ2v) is 7.35. The van der Waals surface area contributed by atoms with Crippen LogP contribution in [0, 0.1) is 0 Å². The highest BCUT2D eigenvalue weighted by molar-refractivity contribution is 9.10. The number of carbonyl (C=O) groups is 2. The van der Waals surface area contributed by atoms with Crippen LogP contribution >= 0.6 is 15.9 Å². The van der Waals surface area contributed by atoms with Crippen molar-refractivity contribution in [2.24, 2.45) is 0 Å². The fourth-order valence-corrected chi connectivity index (χ4v) is 3.22. The first kappa shape index (κ1) is 19.6. The molecule has 0 aliphatic rings. The lowest BCUT2D eigenvalue weighted by Crippen LogP contribution is -2.11. The Balaban J connectivity index is 1.59. The van der Waals surface area contributed by atoms with E-state index in [4.69, 9.17) is 9.84 Å². The number of benzene rings is 3. The number of halogens is 1. The topological polar surface area (TPSA) is 88.5 Å². The van der Waals surface area contributed by atoms with Crippen molar-refractivity contribution in [1.82, 2.24) is 4.98 Å². The molecule has 30 heavy (non-hydrogen) atoms. The summed E-state index contributed by atoms with van der Waals surface area (Å²) >= 11 is 3.36. The van der Waals surface area contributed by atoms with E-state index in [0.29, 0.717) is 22.7 Å². The molecule has 0 bridgehead atoms. The Bertz CT molecular complexity index is 1260. The summed E-state index contributed by atoms with van der Waals surface area (Å²) < 4.78 is 6.69. The smallest absolute Gasteiger partial charge is 0.354 e. The molecule has 0 aliphatic carbocycles. The molecule has 7 heteroatoms.